The van der Waals surface area contributed by atoms with Gasteiger partial charge in [-0.1, -0.05) is 59.0 Å². The smallest absolute Gasteiger partial charge is 0.172 e. The standard InChI is InChI=1S/C15H11IO/c16-9-15(17)11-5-6-14-12(8-11)7-10-3-1-2-4-13(10)14/h1-6,8H,7,9H2. The molecule has 0 bridgehead atoms. The van der Waals surface area contributed by atoms with Gasteiger partial charge in [-0.3, -0.25) is 4.79 Å². The third-order valence-electron chi connectivity index (χ3n) is 3.24. The highest BCUT2D eigenvalue weighted by Gasteiger charge is 2.18. The fourth-order valence-electron chi connectivity index (χ4n) is 2.40. The summed E-state index contributed by atoms with van der Waals surface area (Å²) in [7, 11) is 0. The number of alkyl halides is 1. The van der Waals surface area contributed by atoms with Crippen molar-refractivity contribution < 1.29 is 4.79 Å². The van der Waals surface area contributed by atoms with Gasteiger partial charge in [-0.15, -0.1) is 0 Å². The van der Waals surface area contributed by atoms with Crippen LogP contribution >= 0.6 is 22.6 Å². The molecule has 0 fully saturated rings. The molecule has 0 unspecified atom stereocenters. The van der Waals surface area contributed by atoms with E-state index in [2.05, 4.69) is 59.0 Å². The normalized spacial score (nSPS) is 12.1. The van der Waals surface area contributed by atoms with Gasteiger partial charge in [-0.2, -0.15) is 0 Å². The number of Topliss-reactive ketones (excluding diaryl/α,β-unsaturated/α-hetero) is 1. The summed E-state index contributed by atoms with van der Waals surface area (Å²) in [6, 6.07) is 14.5. The van der Waals surface area contributed by atoms with Crippen LogP contribution < -0.4 is 0 Å². The Balaban J connectivity index is 2.10. The molecule has 0 aromatic heterocycles. The van der Waals surface area contributed by atoms with Crippen molar-refractivity contribution in [2.45, 2.75) is 6.42 Å². The van der Waals surface area contributed by atoms with E-state index < -0.39 is 0 Å². The Morgan fingerprint density at radius 2 is 1.82 bits per heavy atom. The molecule has 84 valence electrons. The lowest BCUT2D eigenvalue weighted by molar-refractivity contribution is 0.102. The summed E-state index contributed by atoms with van der Waals surface area (Å²) in [4.78, 5) is 11.7. The average Bonchev–Trinajstić information content (AvgIpc) is 2.75. The second-order valence-electron chi connectivity index (χ2n) is 4.26. The Morgan fingerprint density at radius 3 is 2.65 bits per heavy atom. The summed E-state index contributed by atoms with van der Waals surface area (Å²) in [5.74, 6) is 0.212. The number of benzene rings is 2. The molecular formula is C15H11IO. The lowest BCUT2D eigenvalue weighted by Crippen LogP contribution is -2.00. The number of carbonyl (C=O) groups is 1. The Hall–Kier alpha value is -1.16. The molecule has 0 amide bonds. The first-order valence-electron chi connectivity index (χ1n) is 5.60. The Bertz CT molecular complexity index is 602. The first-order chi connectivity index (χ1) is 8.29. The minimum Gasteiger partial charge on any atom is -0.293 e. The number of hydrogen-bond acceptors (Lipinski definition) is 1. The topological polar surface area (TPSA) is 17.1 Å². The predicted octanol–water partition coefficient (Wildman–Crippen LogP) is 3.88. The molecule has 0 aliphatic heterocycles. The van der Waals surface area contributed by atoms with Crippen LogP contribution in [0.3, 0.4) is 0 Å². The van der Waals surface area contributed by atoms with Gasteiger partial charge in [0.05, 0.1) is 4.43 Å². The van der Waals surface area contributed by atoms with Gasteiger partial charge in [0, 0.05) is 5.56 Å². The average molecular weight is 334 g/mol. The third kappa shape index (κ3) is 1.80. The monoisotopic (exact) mass is 334 g/mol. The molecule has 2 aromatic carbocycles. The van der Waals surface area contributed by atoms with Crippen LogP contribution in [0.5, 0.6) is 0 Å². The van der Waals surface area contributed by atoms with Gasteiger partial charge in [-0.05, 0) is 34.7 Å². The van der Waals surface area contributed by atoms with Crippen LogP contribution in [-0.2, 0) is 6.42 Å². The molecular weight excluding hydrogens is 323 g/mol. The number of rotatable bonds is 2. The summed E-state index contributed by atoms with van der Waals surface area (Å²) in [6.07, 6.45) is 0.952. The minimum absolute atomic E-state index is 0.212. The van der Waals surface area contributed by atoms with Crippen molar-refractivity contribution in [3.63, 3.8) is 0 Å². The predicted molar refractivity (Wildman–Crippen MR) is 77.9 cm³/mol. The zero-order valence-corrected chi connectivity index (χ0v) is 11.4. The molecule has 1 aliphatic carbocycles. The van der Waals surface area contributed by atoms with Crippen molar-refractivity contribution in [1.29, 1.82) is 0 Å². The summed E-state index contributed by atoms with van der Waals surface area (Å²) in [5.41, 5.74) is 6.08. The van der Waals surface area contributed by atoms with E-state index in [-0.39, 0.29) is 5.78 Å². The van der Waals surface area contributed by atoms with Crippen molar-refractivity contribution >= 4 is 28.4 Å². The molecule has 0 atom stereocenters. The van der Waals surface area contributed by atoms with Crippen LogP contribution in [0.25, 0.3) is 11.1 Å². The largest absolute Gasteiger partial charge is 0.293 e. The van der Waals surface area contributed by atoms with E-state index >= 15 is 0 Å². The van der Waals surface area contributed by atoms with Crippen molar-refractivity contribution in [1.82, 2.24) is 0 Å². The Morgan fingerprint density at radius 1 is 1.06 bits per heavy atom. The van der Waals surface area contributed by atoms with E-state index in [9.17, 15) is 4.79 Å². The first-order valence-corrected chi connectivity index (χ1v) is 7.12. The molecule has 2 heteroatoms. The number of hydrogen-bond donors (Lipinski definition) is 0. The van der Waals surface area contributed by atoms with Gasteiger partial charge in [0.15, 0.2) is 5.78 Å². The van der Waals surface area contributed by atoms with Crippen LogP contribution in [-0.4, -0.2) is 10.2 Å². The molecule has 2 aromatic rings. The fourth-order valence-corrected chi connectivity index (χ4v) is 2.84. The van der Waals surface area contributed by atoms with Crippen molar-refractivity contribution in [3.8, 4) is 11.1 Å². The van der Waals surface area contributed by atoms with Crippen LogP contribution in [0, 0.1) is 0 Å². The van der Waals surface area contributed by atoms with Gasteiger partial charge in [0.2, 0.25) is 0 Å². The highest BCUT2D eigenvalue weighted by atomic mass is 127. The zero-order valence-electron chi connectivity index (χ0n) is 9.24. The maximum absolute atomic E-state index is 11.7. The van der Waals surface area contributed by atoms with Crippen LogP contribution in [0.15, 0.2) is 42.5 Å². The number of carbonyl (C=O) groups excluding carboxylic acids is 1. The zero-order chi connectivity index (χ0) is 11.8. The fraction of sp³-hybridized carbons (Fsp3) is 0.133. The molecule has 1 aliphatic rings. The molecule has 1 nitrogen and oxygen atoms in total. The lowest BCUT2D eigenvalue weighted by atomic mass is 10.0. The Kier molecular flexibility index (Phi) is 2.74. The highest BCUT2D eigenvalue weighted by molar-refractivity contribution is 14.1. The van der Waals surface area contributed by atoms with Gasteiger partial charge in [0.25, 0.3) is 0 Å². The molecule has 0 spiro atoms. The van der Waals surface area contributed by atoms with E-state index in [0.717, 1.165) is 12.0 Å². The first kappa shape index (κ1) is 11.0. The van der Waals surface area contributed by atoms with Crippen LogP contribution in [0.1, 0.15) is 21.5 Å². The maximum atomic E-state index is 11.7. The van der Waals surface area contributed by atoms with Gasteiger partial charge < -0.3 is 0 Å². The number of fused-ring (bicyclic) bond motifs is 3. The summed E-state index contributed by atoms with van der Waals surface area (Å²) in [6.45, 7) is 0. The quantitative estimate of drug-likeness (QED) is 0.395. The highest BCUT2D eigenvalue weighted by Crippen LogP contribution is 2.36. The molecule has 0 saturated heterocycles. The summed E-state index contributed by atoms with van der Waals surface area (Å²) in [5, 5.41) is 0. The maximum Gasteiger partial charge on any atom is 0.172 e. The molecule has 3 rings (SSSR count). The molecule has 17 heavy (non-hydrogen) atoms. The van der Waals surface area contributed by atoms with Crippen molar-refractivity contribution in [2.75, 3.05) is 4.43 Å². The molecule has 0 N–H and O–H groups in total. The SMILES string of the molecule is O=C(CI)c1ccc2c(c1)Cc1ccccc1-2. The van der Waals surface area contributed by atoms with Crippen molar-refractivity contribution in [3.05, 3.63) is 59.2 Å². The molecule has 0 radical (unpaired) electrons. The van der Waals surface area contributed by atoms with E-state index in [1.807, 2.05) is 6.07 Å². The lowest BCUT2D eigenvalue weighted by Gasteiger charge is -2.03. The summed E-state index contributed by atoms with van der Waals surface area (Å²) < 4.78 is 0.545. The van der Waals surface area contributed by atoms with Crippen LogP contribution in [0.4, 0.5) is 0 Å². The van der Waals surface area contributed by atoms with Gasteiger partial charge in [-0.25, -0.2) is 0 Å². The molecule has 0 heterocycles. The molecule has 0 saturated carbocycles. The van der Waals surface area contributed by atoms with E-state index in [1.165, 1.54) is 22.3 Å². The van der Waals surface area contributed by atoms with E-state index in [0.29, 0.717) is 4.43 Å². The van der Waals surface area contributed by atoms with E-state index in [1.54, 1.807) is 0 Å². The second-order valence-corrected chi connectivity index (χ2v) is 5.03. The van der Waals surface area contributed by atoms with Gasteiger partial charge >= 0.3 is 0 Å². The number of halogens is 1. The minimum atomic E-state index is 0.212. The second kappa shape index (κ2) is 4.26. The van der Waals surface area contributed by atoms with Crippen molar-refractivity contribution in [2.24, 2.45) is 0 Å². The number of ketones is 1. The van der Waals surface area contributed by atoms with E-state index in [4.69, 9.17) is 0 Å². The third-order valence-corrected chi connectivity index (χ3v) is 3.93. The Labute approximate surface area is 114 Å². The van der Waals surface area contributed by atoms with Gasteiger partial charge in [0.1, 0.15) is 0 Å². The summed E-state index contributed by atoms with van der Waals surface area (Å²) >= 11 is 2.12. The van der Waals surface area contributed by atoms with Crippen LogP contribution in [0.2, 0.25) is 0 Å².